The SMILES string of the molecule is NC(=O)c1cc(S(=O)(=O)N2CCCCC2)sc1NC(=O)c1c[nH]cn1. The van der Waals surface area contributed by atoms with Gasteiger partial charge in [-0.05, 0) is 18.9 Å². The molecule has 0 radical (unpaired) electrons. The monoisotopic (exact) mass is 383 g/mol. The Hall–Kier alpha value is -2.24. The molecule has 2 aromatic heterocycles. The number of primary amides is 1. The number of imidazole rings is 1. The highest BCUT2D eigenvalue weighted by atomic mass is 32.2. The average molecular weight is 383 g/mol. The number of sulfonamides is 1. The van der Waals surface area contributed by atoms with Crippen LogP contribution in [-0.2, 0) is 10.0 Å². The standard InChI is InChI=1S/C14H17N5O4S2/c15-12(20)9-6-11(25(22,23)19-4-2-1-3-5-19)24-14(9)18-13(21)10-7-16-8-17-10/h6-8H,1-5H2,(H2,15,20)(H,16,17)(H,18,21). The van der Waals surface area contributed by atoms with Crippen LogP contribution in [0.2, 0.25) is 0 Å². The fraction of sp³-hybridized carbons (Fsp3) is 0.357. The highest BCUT2D eigenvalue weighted by molar-refractivity contribution is 7.91. The normalized spacial score (nSPS) is 15.8. The molecule has 4 N–H and O–H groups in total. The lowest BCUT2D eigenvalue weighted by Crippen LogP contribution is -2.35. The zero-order valence-electron chi connectivity index (χ0n) is 13.2. The van der Waals surface area contributed by atoms with E-state index < -0.39 is 21.8 Å². The molecule has 2 amide bonds. The Bertz CT molecular complexity index is 882. The van der Waals surface area contributed by atoms with Gasteiger partial charge in [-0.1, -0.05) is 6.42 Å². The maximum Gasteiger partial charge on any atom is 0.276 e. The predicted molar refractivity (Wildman–Crippen MR) is 92.0 cm³/mol. The largest absolute Gasteiger partial charge is 0.366 e. The van der Waals surface area contributed by atoms with Crippen molar-refractivity contribution in [2.24, 2.45) is 5.73 Å². The van der Waals surface area contributed by atoms with Crippen molar-refractivity contribution in [3.8, 4) is 0 Å². The number of nitrogens with two attached hydrogens (primary N) is 1. The Labute approximate surface area is 148 Å². The number of aromatic amines is 1. The maximum atomic E-state index is 12.7. The van der Waals surface area contributed by atoms with Crippen LogP contribution in [0.25, 0.3) is 0 Å². The Morgan fingerprint density at radius 2 is 2.00 bits per heavy atom. The number of hydrogen-bond acceptors (Lipinski definition) is 6. The fourth-order valence-electron chi connectivity index (χ4n) is 2.56. The van der Waals surface area contributed by atoms with Gasteiger partial charge in [0.2, 0.25) is 0 Å². The molecule has 134 valence electrons. The molecule has 0 saturated carbocycles. The summed E-state index contributed by atoms with van der Waals surface area (Å²) in [5.41, 5.74) is 5.41. The first-order chi connectivity index (χ1) is 11.9. The molecule has 1 aliphatic heterocycles. The second-order valence-corrected chi connectivity index (χ2v) is 8.76. The van der Waals surface area contributed by atoms with E-state index in [1.807, 2.05) is 0 Å². The van der Waals surface area contributed by atoms with Crippen LogP contribution in [-0.4, -0.2) is 47.6 Å². The minimum atomic E-state index is -3.72. The molecule has 25 heavy (non-hydrogen) atoms. The molecule has 3 rings (SSSR count). The highest BCUT2D eigenvalue weighted by Gasteiger charge is 2.30. The van der Waals surface area contributed by atoms with E-state index in [2.05, 4.69) is 15.3 Å². The van der Waals surface area contributed by atoms with Crippen molar-refractivity contribution in [3.63, 3.8) is 0 Å². The van der Waals surface area contributed by atoms with Gasteiger partial charge >= 0.3 is 0 Å². The topological polar surface area (TPSA) is 138 Å². The number of thiophene rings is 1. The number of hydrogen-bond donors (Lipinski definition) is 3. The van der Waals surface area contributed by atoms with Gasteiger partial charge in [0.15, 0.2) is 0 Å². The molecule has 0 atom stereocenters. The van der Waals surface area contributed by atoms with E-state index in [-0.39, 0.29) is 20.5 Å². The molecule has 9 nitrogen and oxygen atoms in total. The first-order valence-electron chi connectivity index (χ1n) is 7.63. The molecule has 3 heterocycles. The highest BCUT2D eigenvalue weighted by Crippen LogP contribution is 2.34. The van der Waals surface area contributed by atoms with Crippen LogP contribution < -0.4 is 11.1 Å². The lowest BCUT2D eigenvalue weighted by molar-refractivity contribution is 0.100. The van der Waals surface area contributed by atoms with Crippen molar-refractivity contribution in [3.05, 3.63) is 29.8 Å². The second-order valence-electron chi connectivity index (χ2n) is 5.55. The quantitative estimate of drug-likeness (QED) is 0.707. The number of H-pyrrole nitrogens is 1. The number of amides is 2. The number of aromatic nitrogens is 2. The molecule has 1 fully saturated rings. The first-order valence-corrected chi connectivity index (χ1v) is 9.89. The summed E-state index contributed by atoms with van der Waals surface area (Å²) < 4.78 is 26.9. The second kappa shape index (κ2) is 6.94. The third-order valence-corrected chi connectivity index (χ3v) is 7.24. The van der Waals surface area contributed by atoms with Gasteiger partial charge in [-0.15, -0.1) is 11.3 Å². The third-order valence-electron chi connectivity index (χ3n) is 3.84. The van der Waals surface area contributed by atoms with E-state index in [4.69, 9.17) is 5.73 Å². The molecular weight excluding hydrogens is 366 g/mol. The van der Waals surface area contributed by atoms with Crippen LogP contribution in [0, 0.1) is 0 Å². The number of carbonyl (C=O) groups excluding carboxylic acids is 2. The summed E-state index contributed by atoms with van der Waals surface area (Å²) in [7, 11) is -3.72. The zero-order valence-corrected chi connectivity index (χ0v) is 14.8. The maximum absolute atomic E-state index is 12.7. The van der Waals surface area contributed by atoms with Crippen LogP contribution in [0.1, 0.15) is 40.1 Å². The van der Waals surface area contributed by atoms with Crippen molar-refractivity contribution in [2.75, 3.05) is 18.4 Å². The summed E-state index contributed by atoms with van der Waals surface area (Å²) in [5, 5.41) is 2.60. The molecule has 1 aliphatic rings. The smallest absolute Gasteiger partial charge is 0.276 e. The minimum absolute atomic E-state index is 0.0134. The Balaban J connectivity index is 1.91. The molecule has 11 heteroatoms. The van der Waals surface area contributed by atoms with Crippen LogP contribution in [0.5, 0.6) is 0 Å². The lowest BCUT2D eigenvalue weighted by atomic mass is 10.2. The van der Waals surface area contributed by atoms with E-state index in [9.17, 15) is 18.0 Å². The minimum Gasteiger partial charge on any atom is -0.366 e. The van der Waals surface area contributed by atoms with Crippen molar-refractivity contribution in [1.82, 2.24) is 14.3 Å². The molecule has 0 spiro atoms. The molecular formula is C14H17N5O4S2. The van der Waals surface area contributed by atoms with Gasteiger partial charge in [-0.25, -0.2) is 13.4 Å². The Kier molecular flexibility index (Phi) is 4.88. The first kappa shape index (κ1) is 17.6. The fourth-order valence-corrected chi connectivity index (χ4v) is 5.59. The van der Waals surface area contributed by atoms with Gasteiger partial charge in [0.05, 0.1) is 11.9 Å². The zero-order chi connectivity index (χ0) is 18.0. The summed E-state index contributed by atoms with van der Waals surface area (Å²) in [4.78, 5) is 30.2. The average Bonchev–Trinajstić information content (AvgIpc) is 3.25. The number of rotatable bonds is 5. The van der Waals surface area contributed by atoms with Crippen LogP contribution in [0.4, 0.5) is 5.00 Å². The number of piperidine rings is 1. The molecule has 2 aromatic rings. The number of nitrogens with one attached hydrogen (secondary N) is 2. The van der Waals surface area contributed by atoms with Gasteiger partial charge < -0.3 is 16.0 Å². The number of nitrogens with zero attached hydrogens (tertiary/aromatic N) is 2. The molecule has 0 aliphatic carbocycles. The van der Waals surface area contributed by atoms with Gasteiger partial charge in [0, 0.05) is 19.3 Å². The Morgan fingerprint density at radius 1 is 1.28 bits per heavy atom. The van der Waals surface area contributed by atoms with E-state index in [1.165, 1.54) is 22.9 Å². The van der Waals surface area contributed by atoms with Crippen molar-refractivity contribution in [2.45, 2.75) is 23.5 Å². The summed E-state index contributed by atoms with van der Waals surface area (Å²) in [6.07, 6.45) is 5.32. The lowest BCUT2D eigenvalue weighted by Gasteiger charge is -2.25. The molecule has 1 saturated heterocycles. The third kappa shape index (κ3) is 3.57. The van der Waals surface area contributed by atoms with Gasteiger partial charge in [0.25, 0.3) is 21.8 Å². The van der Waals surface area contributed by atoms with Crippen molar-refractivity contribution >= 4 is 38.2 Å². The summed E-state index contributed by atoms with van der Waals surface area (Å²) in [5.74, 6) is -1.37. The van der Waals surface area contributed by atoms with Gasteiger partial charge in [0.1, 0.15) is 14.9 Å². The summed E-state index contributed by atoms with van der Waals surface area (Å²) in [6, 6.07) is 1.22. The van der Waals surface area contributed by atoms with E-state index >= 15 is 0 Å². The van der Waals surface area contributed by atoms with Crippen LogP contribution in [0.3, 0.4) is 0 Å². The van der Waals surface area contributed by atoms with E-state index in [0.717, 1.165) is 30.6 Å². The number of carbonyl (C=O) groups is 2. The molecule has 0 aromatic carbocycles. The van der Waals surface area contributed by atoms with Crippen LogP contribution >= 0.6 is 11.3 Å². The van der Waals surface area contributed by atoms with Crippen molar-refractivity contribution < 1.29 is 18.0 Å². The van der Waals surface area contributed by atoms with E-state index in [1.54, 1.807) is 0 Å². The predicted octanol–water partition coefficient (Wildman–Crippen LogP) is 0.997. The summed E-state index contributed by atoms with van der Waals surface area (Å²) >= 11 is 0.814. The summed E-state index contributed by atoms with van der Waals surface area (Å²) in [6.45, 7) is 0.891. The molecule has 0 bridgehead atoms. The number of anilines is 1. The van der Waals surface area contributed by atoms with Gasteiger partial charge in [-0.2, -0.15) is 4.31 Å². The van der Waals surface area contributed by atoms with Crippen LogP contribution in [0.15, 0.2) is 22.8 Å². The van der Waals surface area contributed by atoms with Gasteiger partial charge in [-0.3, -0.25) is 9.59 Å². The Morgan fingerprint density at radius 3 is 2.60 bits per heavy atom. The van der Waals surface area contributed by atoms with Crippen molar-refractivity contribution in [1.29, 1.82) is 0 Å². The molecule has 0 unspecified atom stereocenters. The van der Waals surface area contributed by atoms with E-state index in [0.29, 0.717) is 13.1 Å².